The minimum atomic E-state index is -1.63. The molecule has 2 aliphatic heterocycles. The molecule has 13 aromatic carbocycles. The highest BCUT2D eigenvalue weighted by molar-refractivity contribution is 7.00. The second-order valence-corrected chi connectivity index (χ2v) is 27.6. The van der Waals surface area contributed by atoms with Gasteiger partial charge in [0.1, 0.15) is 0 Å². The van der Waals surface area contributed by atoms with E-state index in [1.807, 2.05) is 164 Å². The van der Waals surface area contributed by atoms with Crippen LogP contribution in [0.3, 0.4) is 0 Å². The first kappa shape index (κ1) is 39.0. The Labute approximate surface area is 589 Å². The molecule has 17 rings (SSSR count). The molecule has 2 aromatic heterocycles. The fraction of sp³-hybridized carbons (Fsp3) is 0.133. The maximum absolute atomic E-state index is 11.7. The van der Waals surface area contributed by atoms with Gasteiger partial charge in [0.15, 0.2) is 0 Å². The minimum absolute atomic E-state index is 0.149. The van der Waals surface area contributed by atoms with Gasteiger partial charge in [-0.1, -0.05) is 268 Å². The van der Waals surface area contributed by atoms with Gasteiger partial charge in [-0.05, 0) is 156 Å². The molecule has 5 heteroatoms. The Hall–Kier alpha value is -10.9. The van der Waals surface area contributed by atoms with Crippen molar-refractivity contribution in [1.29, 1.82) is 0 Å². The molecule has 4 heterocycles. The molecule has 0 bridgehead atoms. The van der Waals surface area contributed by atoms with Gasteiger partial charge in [0.2, 0.25) is 0 Å². The summed E-state index contributed by atoms with van der Waals surface area (Å²) in [5, 5.41) is -1.39. The number of para-hydroxylation sites is 4. The molecular weight excluding hydrogens is 1150 g/mol. The second kappa shape index (κ2) is 21.9. The highest BCUT2D eigenvalue weighted by Crippen LogP contribution is 2.56. The van der Waals surface area contributed by atoms with Crippen LogP contribution in [0.5, 0.6) is 0 Å². The van der Waals surface area contributed by atoms with Crippen molar-refractivity contribution in [2.45, 2.75) is 78.6 Å². The first-order valence-corrected chi connectivity index (χ1v) is 31.9. The van der Waals surface area contributed by atoms with Crippen molar-refractivity contribution in [3.8, 4) is 55.9 Å². The van der Waals surface area contributed by atoms with E-state index in [2.05, 4.69) is 65.8 Å². The summed E-state index contributed by atoms with van der Waals surface area (Å²) in [6.45, 7) is 17.0. The van der Waals surface area contributed by atoms with E-state index in [0.717, 1.165) is 20.3 Å². The molecule has 0 saturated carbocycles. The number of aromatic nitrogens is 2. The van der Waals surface area contributed by atoms with Crippen molar-refractivity contribution in [3.63, 3.8) is 0 Å². The molecule has 0 aliphatic carbocycles. The van der Waals surface area contributed by atoms with Gasteiger partial charge in [0, 0.05) is 77.9 Å². The number of nitrogens with zero attached hydrogens (tertiary/aromatic N) is 4. The van der Waals surface area contributed by atoms with E-state index in [9.17, 15) is 24.7 Å². The smallest absolute Gasteiger partial charge is 0.252 e. The largest absolute Gasteiger partial charge is 0.310 e. The van der Waals surface area contributed by atoms with E-state index in [-0.39, 0.29) is 43.8 Å². The Morgan fingerprint density at radius 1 is 0.305 bits per heavy atom. The molecule has 4 nitrogen and oxygen atoms in total. The predicted octanol–water partition coefficient (Wildman–Crippen LogP) is 22.5. The number of benzene rings is 13. The van der Waals surface area contributed by atoms with Crippen molar-refractivity contribution < 1.29 is 30.2 Å². The lowest BCUT2D eigenvalue weighted by Gasteiger charge is -2.47. The third kappa shape index (κ3) is 9.41. The zero-order chi connectivity index (χ0) is 83.8. The lowest BCUT2D eigenvalue weighted by Crippen LogP contribution is -2.61. The first-order chi connectivity index (χ1) is 55.2. The molecule has 0 spiro atoms. The van der Waals surface area contributed by atoms with Crippen LogP contribution in [0.25, 0.3) is 99.5 Å². The lowest BCUT2D eigenvalue weighted by molar-refractivity contribution is 0.590. The average Bonchev–Trinajstić information content (AvgIpc) is 1.65. The molecule has 2 aliphatic rings. The maximum atomic E-state index is 11.7. The highest BCUT2D eigenvalue weighted by Gasteiger charge is 2.47. The van der Waals surface area contributed by atoms with Crippen LogP contribution in [0.15, 0.2) is 291 Å². The van der Waals surface area contributed by atoms with E-state index >= 15 is 0 Å². The molecule has 0 radical (unpaired) electrons. The van der Waals surface area contributed by atoms with Gasteiger partial charge in [-0.2, -0.15) is 0 Å². The average molecular weight is 1250 g/mol. The zero-order valence-corrected chi connectivity index (χ0v) is 53.9. The van der Waals surface area contributed by atoms with Crippen molar-refractivity contribution in [1.82, 2.24) is 9.13 Å². The van der Waals surface area contributed by atoms with Gasteiger partial charge in [-0.25, -0.2) is 0 Å². The topological polar surface area (TPSA) is 16.3 Å². The number of hydrogen-bond acceptors (Lipinski definition) is 2. The predicted molar refractivity (Wildman–Crippen MR) is 407 cm³/mol. The van der Waals surface area contributed by atoms with Crippen molar-refractivity contribution in [2.24, 2.45) is 0 Å². The van der Waals surface area contributed by atoms with Crippen LogP contribution >= 0.6 is 0 Å². The highest BCUT2D eigenvalue weighted by atomic mass is 15.2. The van der Waals surface area contributed by atoms with E-state index in [4.69, 9.17) is 5.48 Å². The van der Waals surface area contributed by atoms with Gasteiger partial charge < -0.3 is 18.9 Å². The van der Waals surface area contributed by atoms with Gasteiger partial charge in [-0.3, -0.25) is 0 Å². The summed E-state index contributed by atoms with van der Waals surface area (Å²) in [6, 6.07) is 35.1. The molecule has 15 aromatic rings. The molecule has 95 heavy (non-hydrogen) atoms. The molecule has 0 N–H and O–H groups in total. The van der Waals surface area contributed by atoms with Crippen molar-refractivity contribution >= 4 is 101 Å². The Bertz CT molecular complexity index is 6230. The Kier molecular flexibility index (Phi) is 8.97. The molecule has 0 fully saturated rings. The Morgan fingerprint density at radius 3 is 0.863 bits per heavy atom. The molecule has 0 atom stereocenters. The fourth-order valence-electron chi connectivity index (χ4n) is 13.9. The van der Waals surface area contributed by atoms with Crippen molar-refractivity contribution in [2.75, 3.05) is 9.80 Å². The molecule has 0 saturated heterocycles. The Balaban J connectivity index is 1.17. The van der Waals surface area contributed by atoms with E-state index in [0.29, 0.717) is 78.3 Å². The number of anilines is 6. The van der Waals surface area contributed by atoms with Crippen LogP contribution in [0, 0.1) is 0 Å². The standard InChI is InChI=1S/C90H75BN4/c1-88(2,3)62-50-71(58-30-14-10-15-31-58)86(72(51-62)59-32-16-11-17-33-59)94-81-56-65(92-77-42-26-22-38-67(77)68-39-23-27-43-78(68)92)46-48-75(81)91-76-49-47-66(93-79-44-28-24-40-69(79)70-41-25-29-45-80(70)93)57-82(76)95(84-55-64(90(7,8)9)54-83(94)85(84)91)87-73(60-34-18-12-19-35-60)52-63(89(4,5)6)53-74(87)61-36-20-13-21-37-61/h10-57H,1-9H3/i22D,23D,24D,25D,26D,27D,28D,29D,38D,39D,40D,41D,42D,43D,44D,45D,46D,47D,48D,49D,56D,57D. The summed E-state index contributed by atoms with van der Waals surface area (Å²) in [7, 11) is 0. The maximum Gasteiger partial charge on any atom is 0.252 e. The van der Waals surface area contributed by atoms with E-state index in [1.54, 1.807) is 0 Å². The second-order valence-electron chi connectivity index (χ2n) is 27.6. The number of rotatable bonds is 8. The molecule has 458 valence electrons. The number of fused-ring (bicyclic) bond motifs is 10. The van der Waals surface area contributed by atoms with Crippen molar-refractivity contribution in [3.05, 3.63) is 307 Å². The van der Waals surface area contributed by atoms with Gasteiger partial charge in [0.05, 0.1) is 63.6 Å². The van der Waals surface area contributed by atoms with Gasteiger partial charge in [-0.15, -0.1) is 0 Å². The van der Waals surface area contributed by atoms with E-state index in [1.165, 1.54) is 0 Å². The van der Waals surface area contributed by atoms with Gasteiger partial charge >= 0.3 is 0 Å². The summed E-state index contributed by atoms with van der Waals surface area (Å²) in [6.07, 6.45) is 0. The zero-order valence-electron chi connectivity index (χ0n) is 75.9. The fourth-order valence-corrected chi connectivity index (χ4v) is 13.9. The third-order valence-electron chi connectivity index (χ3n) is 18.7. The quantitative estimate of drug-likeness (QED) is 0.141. The SMILES string of the molecule is [2H]c1c([2H])c(-n2c3c([2H])c([2H])c([2H])c([2H])c3c3c([2H])c([2H])c([2H])c([2H])c32)c([2H])c2c1B1c3c(cc(C(C)(C)C)cc3N(c3c(-c4ccccc4)cc(C(C)(C)C)cc3-c3ccccc3)c3c([2H])c(-n4c5c([2H])c([2H])c([2H])c([2H])c5c5c([2H])c([2H])c([2H])c([2H])c54)c([2H])c([2H])c31)N2c1c(-c2ccccc2)cc(C(C)(C)C)cc1-c1ccccc1. The summed E-state index contributed by atoms with van der Waals surface area (Å²) < 4.78 is 221. The van der Waals surface area contributed by atoms with Crippen LogP contribution in [0.4, 0.5) is 34.1 Å². The normalized spacial score (nSPS) is 16.3. The van der Waals surface area contributed by atoms with Crippen LogP contribution in [0.1, 0.15) is 109 Å². The summed E-state index contributed by atoms with van der Waals surface area (Å²) in [5.74, 6) is 0. The minimum Gasteiger partial charge on any atom is -0.310 e. The summed E-state index contributed by atoms with van der Waals surface area (Å²) in [4.78, 5) is 3.78. The molecule has 0 unspecified atom stereocenters. The Morgan fingerprint density at radius 2 is 0.579 bits per heavy atom. The van der Waals surface area contributed by atoms with Crippen LogP contribution in [-0.4, -0.2) is 15.8 Å². The monoisotopic (exact) mass is 1240 g/mol. The van der Waals surface area contributed by atoms with Crippen LogP contribution in [-0.2, 0) is 16.2 Å². The van der Waals surface area contributed by atoms with Gasteiger partial charge in [0.25, 0.3) is 6.71 Å². The van der Waals surface area contributed by atoms with Crippen LogP contribution in [0.2, 0.25) is 0 Å². The number of hydrogen-bond donors (Lipinski definition) is 0. The summed E-state index contributed by atoms with van der Waals surface area (Å²) in [5.41, 5.74) is 3.94. The molecule has 0 amide bonds. The lowest BCUT2D eigenvalue weighted by atomic mass is 9.33. The van der Waals surface area contributed by atoms with Crippen LogP contribution < -0.4 is 26.2 Å². The first-order valence-electron chi connectivity index (χ1n) is 42.9. The summed E-state index contributed by atoms with van der Waals surface area (Å²) >= 11 is 0. The van der Waals surface area contributed by atoms with E-state index < -0.39 is 189 Å². The third-order valence-corrected chi connectivity index (χ3v) is 18.7. The molecular formula is C90H75BN4.